The molecule has 0 N–H and O–H groups in total. The minimum atomic E-state index is 0.216. The Kier molecular flexibility index (Phi) is 3.15. The Morgan fingerprint density at radius 3 is 2.31 bits per heavy atom. The van der Waals surface area contributed by atoms with Crippen LogP contribution in [0.4, 0.5) is 0 Å². The molecule has 1 fully saturated rings. The van der Waals surface area contributed by atoms with Crippen molar-refractivity contribution in [1.29, 1.82) is 0 Å². The van der Waals surface area contributed by atoms with Crippen molar-refractivity contribution in [2.45, 2.75) is 53.4 Å². The summed E-state index contributed by atoms with van der Waals surface area (Å²) in [6, 6.07) is 0. The van der Waals surface area contributed by atoms with E-state index in [0.717, 1.165) is 25.7 Å². The molecule has 0 aromatic carbocycles. The average molecular weight is 182 g/mol. The molecule has 0 bridgehead atoms. The van der Waals surface area contributed by atoms with Gasteiger partial charge in [-0.2, -0.15) is 0 Å². The van der Waals surface area contributed by atoms with E-state index in [-0.39, 0.29) is 5.41 Å². The average Bonchev–Trinajstić information content (AvgIpc) is 2.60. The quantitative estimate of drug-likeness (QED) is 0.636. The van der Waals surface area contributed by atoms with Gasteiger partial charge < -0.3 is 0 Å². The van der Waals surface area contributed by atoms with E-state index in [4.69, 9.17) is 0 Å². The van der Waals surface area contributed by atoms with Crippen LogP contribution in [0.15, 0.2) is 0 Å². The smallest absolute Gasteiger partial charge is 0.136 e. The summed E-state index contributed by atoms with van der Waals surface area (Å²) in [6.45, 7) is 8.88. The standard InChI is InChI=1S/C12H22O/c1-9(2)7-12(3,4)8-11(13)10-5-6-10/h9-10H,5-8H2,1-4H3. The van der Waals surface area contributed by atoms with Crippen LogP contribution < -0.4 is 0 Å². The number of ketones is 1. The molecule has 1 aliphatic rings. The fourth-order valence-electron chi connectivity index (χ4n) is 2.20. The van der Waals surface area contributed by atoms with Crippen LogP contribution in [0.2, 0.25) is 0 Å². The molecule has 1 heteroatoms. The second-order valence-electron chi connectivity index (χ2n) is 5.68. The van der Waals surface area contributed by atoms with Crippen LogP contribution in [0, 0.1) is 17.3 Å². The van der Waals surface area contributed by atoms with Gasteiger partial charge in [-0.25, -0.2) is 0 Å². The molecule has 0 unspecified atom stereocenters. The lowest BCUT2D eigenvalue weighted by molar-refractivity contribution is -0.122. The third-order valence-corrected chi connectivity index (χ3v) is 2.65. The summed E-state index contributed by atoms with van der Waals surface area (Å²) >= 11 is 0. The molecule has 0 saturated heterocycles. The summed E-state index contributed by atoms with van der Waals surface area (Å²) in [7, 11) is 0. The third kappa shape index (κ3) is 3.93. The minimum absolute atomic E-state index is 0.216. The maximum Gasteiger partial charge on any atom is 0.136 e. The first kappa shape index (κ1) is 10.7. The highest BCUT2D eigenvalue weighted by Gasteiger charge is 2.33. The molecule has 1 rings (SSSR count). The predicted molar refractivity (Wildman–Crippen MR) is 55.6 cm³/mol. The lowest BCUT2D eigenvalue weighted by Crippen LogP contribution is -2.20. The second kappa shape index (κ2) is 3.81. The molecular weight excluding hydrogens is 160 g/mol. The molecule has 0 aromatic heterocycles. The molecular formula is C12H22O. The molecule has 1 saturated carbocycles. The van der Waals surface area contributed by atoms with Crippen LogP contribution in [-0.2, 0) is 4.79 Å². The Morgan fingerprint density at radius 1 is 1.38 bits per heavy atom. The predicted octanol–water partition coefficient (Wildman–Crippen LogP) is 3.43. The number of hydrogen-bond acceptors (Lipinski definition) is 1. The van der Waals surface area contributed by atoms with Crippen molar-refractivity contribution in [1.82, 2.24) is 0 Å². The Balaban J connectivity index is 2.35. The lowest BCUT2D eigenvalue weighted by Gasteiger charge is -2.25. The SMILES string of the molecule is CC(C)CC(C)(C)CC(=O)C1CC1. The van der Waals surface area contributed by atoms with Gasteiger partial charge in [0, 0.05) is 12.3 Å². The van der Waals surface area contributed by atoms with Gasteiger partial charge in [-0.05, 0) is 30.6 Å². The first-order valence-electron chi connectivity index (χ1n) is 5.43. The van der Waals surface area contributed by atoms with Gasteiger partial charge in [0.2, 0.25) is 0 Å². The van der Waals surface area contributed by atoms with Gasteiger partial charge in [0.15, 0.2) is 0 Å². The molecule has 1 aliphatic carbocycles. The van der Waals surface area contributed by atoms with E-state index in [2.05, 4.69) is 27.7 Å². The summed E-state index contributed by atoms with van der Waals surface area (Å²) < 4.78 is 0. The molecule has 0 aliphatic heterocycles. The summed E-state index contributed by atoms with van der Waals surface area (Å²) in [6.07, 6.45) is 4.24. The van der Waals surface area contributed by atoms with Crippen LogP contribution in [0.3, 0.4) is 0 Å². The topological polar surface area (TPSA) is 17.1 Å². The highest BCUT2D eigenvalue weighted by molar-refractivity contribution is 5.83. The molecule has 0 heterocycles. The van der Waals surface area contributed by atoms with Crippen LogP contribution in [0.25, 0.3) is 0 Å². The molecule has 1 nitrogen and oxygen atoms in total. The van der Waals surface area contributed by atoms with Crippen molar-refractivity contribution < 1.29 is 4.79 Å². The van der Waals surface area contributed by atoms with Crippen molar-refractivity contribution in [3.05, 3.63) is 0 Å². The van der Waals surface area contributed by atoms with Crippen LogP contribution in [-0.4, -0.2) is 5.78 Å². The Labute approximate surface area is 81.9 Å². The van der Waals surface area contributed by atoms with Crippen molar-refractivity contribution in [2.24, 2.45) is 17.3 Å². The Bertz CT molecular complexity index is 187. The van der Waals surface area contributed by atoms with Gasteiger partial charge in [-0.1, -0.05) is 27.7 Å². The second-order valence-corrected chi connectivity index (χ2v) is 5.68. The molecule has 0 spiro atoms. The van der Waals surface area contributed by atoms with E-state index in [1.807, 2.05) is 0 Å². The van der Waals surface area contributed by atoms with Gasteiger partial charge >= 0.3 is 0 Å². The van der Waals surface area contributed by atoms with Crippen LogP contribution in [0.1, 0.15) is 53.4 Å². The number of rotatable bonds is 5. The van der Waals surface area contributed by atoms with E-state index in [1.54, 1.807) is 0 Å². The fourth-order valence-corrected chi connectivity index (χ4v) is 2.20. The molecule has 0 atom stereocenters. The largest absolute Gasteiger partial charge is 0.299 e. The molecule has 13 heavy (non-hydrogen) atoms. The summed E-state index contributed by atoms with van der Waals surface area (Å²) in [5.41, 5.74) is 0.216. The van der Waals surface area contributed by atoms with Crippen molar-refractivity contribution in [3.8, 4) is 0 Å². The van der Waals surface area contributed by atoms with Crippen LogP contribution >= 0.6 is 0 Å². The van der Waals surface area contributed by atoms with Gasteiger partial charge in [-0.15, -0.1) is 0 Å². The van der Waals surface area contributed by atoms with E-state index in [9.17, 15) is 4.79 Å². The van der Waals surface area contributed by atoms with Gasteiger partial charge in [0.1, 0.15) is 5.78 Å². The molecule has 0 amide bonds. The highest BCUT2D eigenvalue weighted by Crippen LogP contribution is 2.37. The highest BCUT2D eigenvalue weighted by atomic mass is 16.1. The number of carbonyl (C=O) groups is 1. The van der Waals surface area contributed by atoms with Crippen LogP contribution in [0.5, 0.6) is 0 Å². The normalized spacial score (nSPS) is 17.9. The molecule has 76 valence electrons. The Hall–Kier alpha value is -0.330. The zero-order valence-corrected chi connectivity index (χ0v) is 9.39. The van der Waals surface area contributed by atoms with Crippen molar-refractivity contribution in [3.63, 3.8) is 0 Å². The first-order chi connectivity index (χ1) is 5.91. The van der Waals surface area contributed by atoms with Gasteiger partial charge in [0.05, 0.1) is 0 Å². The summed E-state index contributed by atoms with van der Waals surface area (Å²) in [5.74, 6) is 1.64. The maximum absolute atomic E-state index is 11.6. The zero-order chi connectivity index (χ0) is 10.1. The minimum Gasteiger partial charge on any atom is -0.299 e. The number of Topliss-reactive ketones (excluding diaryl/α,β-unsaturated/α-hetero) is 1. The Morgan fingerprint density at radius 2 is 1.92 bits per heavy atom. The monoisotopic (exact) mass is 182 g/mol. The van der Waals surface area contributed by atoms with E-state index < -0.39 is 0 Å². The first-order valence-corrected chi connectivity index (χ1v) is 5.43. The van der Waals surface area contributed by atoms with Crippen molar-refractivity contribution >= 4 is 5.78 Å². The molecule has 0 aromatic rings. The van der Waals surface area contributed by atoms with Gasteiger partial charge in [0.25, 0.3) is 0 Å². The lowest BCUT2D eigenvalue weighted by atomic mass is 9.79. The number of hydrogen-bond donors (Lipinski definition) is 0. The summed E-state index contributed by atoms with van der Waals surface area (Å²) in [5, 5.41) is 0. The zero-order valence-electron chi connectivity index (χ0n) is 9.39. The van der Waals surface area contributed by atoms with Crippen molar-refractivity contribution in [2.75, 3.05) is 0 Å². The summed E-state index contributed by atoms with van der Waals surface area (Å²) in [4.78, 5) is 11.6. The fraction of sp³-hybridized carbons (Fsp3) is 0.917. The molecule has 0 radical (unpaired) electrons. The van der Waals surface area contributed by atoms with E-state index in [1.165, 1.54) is 0 Å². The number of carbonyl (C=O) groups excluding carboxylic acids is 1. The third-order valence-electron chi connectivity index (χ3n) is 2.65. The van der Waals surface area contributed by atoms with E-state index in [0.29, 0.717) is 17.6 Å². The maximum atomic E-state index is 11.6. The van der Waals surface area contributed by atoms with Gasteiger partial charge in [-0.3, -0.25) is 4.79 Å². The van der Waals surface area contributed by atoms with E-state index >= 15 is 0 Å².